The summed E-state index contributed by atoms with van der Waals surface area (Å²) in [6, 6.07) is 1.81. The number of nitrogens with one attached hydrogen (secondary N) is 1. The van der Waals surface area contributed by atoms with Gasteiger partial charge < -0.3 is 5.11 Å². The van der Waals surface area contributed by atoms with E-state index in [-0.39, 0.29) is 16.7 Å². The predicted octanol–water partition coefficient (Wildman–Crippen LogP) is 1.96. The summed E-state index contributed by atoms with van der Waals surface area (Å²) in [4.78, 5) is 0. The van der Waals surface area contributed by atoms with Gasteiger partial charge in [-0.1, -0.05) is 38.0 Å². The molecule has 2 N–H and O–H groups in total. The predicted molar refractivity (Wildman–Crippen MR) is 69.5 cm³/mol. The van der Waals surface area contributed by atoms with Gasteiger partial charge in [0.25, 0.3) is 0 Å². The second kappa shape index (κ2) is 6.60. The maximum absolute atomic E-state index is 12.8. The van der Waals surface area contributed by atoms with Crippen LogP contribution in [0.15, 0.2) is 16.3 Å². The van der Waals surface area contributed by atoms with E-state index >= 15 is 0 Å². The Morgan fingerprint density at radius 3 is 2.39 bits per heavy atom. The smallest absolute Gasteiger partial charge is 0.250 e. The van der Waals surface area contributed by atoms with Crippen LogP contribution in [0.3, 0.4) is 0 Å². The van der Waals surface area contributed by atoms with Gasteiger partial charge in [0.05, 0.1) is 6.61 Å². The molecule has 1 rings (SSSR count). The van der Waals surface area contributed by atoms with Gasteiger partial charge in [-0.2, -0.15) is 4.39 Å². The number of halogens is 1. The van der Waals surface area contributed by atoms with Gasteiger partial charge in [-0.3, -0.25) is 0 Å². The molecule has 0 aliphatic heterocycles. The van der Waals surface area contributed by atoms with Gasteiger partial charge in [-0.05, 0) is 18.1 Å². The van der Waals surface area contributed by atoms with E-state index in [0.717, 1.165) is 18.9 Å². The van der Waals surface area contributed by atoms with E-state index in [2.05, 4.69) is 4.72 Å². The Morgan fingerprint density at radius 2 is 2.00 bits per heavy atom. The highest BCUT2D eigenvalue weighted by molar-refractivity contribution is 7.91. The topological polar surface area (TPSA) is 66.4 Å². The van der Waals surface area contributed by atoms with Crippen LogP contribution in [0, 0.1) is 11.0 Å². The fraction of sp³-hybridized carbons (Fsp3) is 0.636. The van der Waals surface area contributed by atoms with Crippen molar-refractivity contribution in [2.24, 2.45) is 5.92 Å². The molecule has 1 unspecified atom stereocenters. The van der Waals surface area contributed by atoms with Crippen LogP contribution in [0.25, 0.3) is 0 Å². The molecule has 1 aromatic rings. The summed E-state index contributed by atoms with van der Waals surface area (Å²) in [5, 5.41) is 8.73. The van der Waals surface area contributed by atoms with Crippen molar-refractivity contribution in [1.29, 1.82) is 0 Å². The number of hydrogen-bond acceptors (Lipinski definition) is 4. The maximum Gasteiger partial charge on any atom is 0.250 e. The van der Waals surface area contributed by atoms with Crippen LogP contribution in [-0.2, 0) is 10.0 Å². The van der Waals surface area contributed by atoms with Gasteiger partial charge in [0.2, 0.25) is 10.0 Å². The Kier molecular flexibility index (Phi) is 5.71. The number of thiophene rings is 1. The fourth-order valence-electron chi connectivity index (χ4n) is 1.84. The Balaban J connectivity index is 2.87. The lowest BCUT2D eigenvalue weighted by molar-refractivity contribution is 0.209. The van der Waals surface area contributed by atoms with Crippen molar-refractivity contribution >= 4 is 21.4 Å². The molecule has 1 heterocycles. The molecule has 0 fully saturated rings. The first-order valence-electron chi connectivity index (χ1n) is 5.83. The molecular formula is C11H18FNO3S2. The molecule has 0 aliphatic carbocycles. The van der Waals surface area contributed by atoms with Crippen molar-refractivity contribution in [3.05, 3.63) is 17.3 Å². The fourth-order valence-corrected chi connectivity index (χ4v) is 4.16. The number of aliphatic hydroxyl groups excluding tert-OH is 1. The molecule has 0 amide bonds. The van der Waals surface area contributed by atoms with Crippen molar-refractivity contribution in [3.63, 3.8) is 0 Å². The van der Waals surface area contributed by atoms with Crippen LogP contribution in [0.2, 0.25) is 0 Å². The van der Waals surface area contributed by atoms with Crippen molar-refractivity contribution in [3.8, 4) is 0 Å². The van der Waals surface area contributed by atoms with Crippen molar-refractivity contribution in [1.82, 2.24) is 4.72 Å². The highest BCUT2D eigenvalue weighted by atomic mass is 32.2. The van der Waals surface area contributed by atoms with Crippen LogP contribution in [0.1, 0.15) is 26.7 Å². The second-order valence-corrected chi connectivity index (χ2v) is 7.02. The first-order chi connectivity index (χ1) is 8.44. The van der Waals surface area contributed by atoms with Gasteiger partial charge in [0.15, 0.2) is 5.13 Å². The number of rotatable bonds is 7. The molecule has 0 radical (unpaired) electrons. The van der Waals surface area contributed by atoms with Gasteiger partial charge in [-0.15, -0.1) is 0 Å². The summed E-state index contributed by atoms with van der Waals surface area (Å²) in [6.45, 7) is 3.62. The number of aliphatic hydroxyl groups is 1. The van der Waals surface area contributed by atoms with Gasteiger partial charge in [-0.25, -0.2) is 13.1 Å². The Labute approximate surface area is 111 Å². The Bertz CT molecular complexity index is 468. The lowest BCUT2D eigenvalue weighted by Gasteiger charge is -2.23. The van der Waals surface area contributed by atoms with E-state index < -0.39 is 21.2 Å². The van der Waals surface area contributed by atoms with E-state index in [1.165, 1.54) is 6.07 Å². The molecule has 104 valence electrons. The summed E-state index contributed by atoms with van der Waals surface area (Å²) >= 11 is 0.575. The van der Waals surface area contributed by atoms with E-state index in [4.69, 9.17) is 0 Å². The molecule has 18 heavy (non-hydrogen) atoms. The molecular weight excluding hydrogens is 277 g/mol. The zero-order valence-corrected chi connectivity index (χ0v) is 12.0. The van der Waals surface area contributed by atoms with E-state index in [9.17, 15) is 17.9 Å². The van der Waals surface area contributed by atoms with Gasteiger partial charge in [0, 0.05) is 6.04 Å². The lowest BCUT2D eigenvalue weighted by Crippen LogP contribution is -2.42. The maximum atomic E-state index is 12.8. The van der Waals surface area contributed by atoms with Crippen molar-refractivity contribution in [2.45, 2.75) is 36.9 Å². The van der Waals surface area contributed by atoms with E-state index in [1.807, 2.05) is 13.8 Å². The lowest BCUT2D eigenvalue weighted by atomic mass is 9.96. The molecule has 1 aromatic heterocycles. The van der Waals surface area contributed by atoms with Gasteiger partial charge >= 0.3 is 0 Å². The normalized spacial score (nSPS) is 14.1. The molecule has 7 heteroatoms. The highest BCUT2D eigenvalue weighted by Gasteiger charge is 2.25. The van der Waals surface area contributed by atoms with Crippen LogP contribution in [-0.4, -0.2) is 26.2 Å². The molecule has 0 saturated heterocycles. The van der Waals surface area contributed by atoms with Crippen molar-refractivity contribution in [2.75, 3.05) is 6.61 Å². The highest BCUT2D eigenvalue weighted by Crippen LogP contribution is 2.22. The van der Waals surface area contributed by atoms with Gasteiger partial charge in [0.1, 0.15) is 4.21 Å². The average Bonchev–Trinajstić information content (AvgIpc) is 2.76. The number of sulfonamides is 1. The zero-order valence-electron chi connectivity index (χ0n) is 10.4. The minimum atomic E-state index is -3.75. The van der Waals surface area contributed by atoms with Crippen LogP contribution in [0.4, 0.5) is 4.39 Å². The van der Waals surface area contributed by atoms with Crippen molar-refractivity contribution < 1.29 is 17.9 Å². The zero-order chi connectivity index (χ0) is 13.8. The van der Waals surface area contributed by atoms with Crippen LogP contribution < -0.4 is 4.72 Å². The summed E-state index contributed by atoms with van der Waals surface area (Å²) in [5.74, 6) is 0.0644. The molecule has 4 nitrogen and oxygen atoms in total. The van der Waals surface area contributed by atoms with Crippen LogP contribution >= 0.6 is 11.3 Å². The third-order valence-electron chi connectivity index (χ3n) is 2.93. The Hall–Kier alpha value is -0.500. The molecule has 0 saturated carbocycles. The standard InChI is InChI=1S/C11H18FNO3S2/c1-3-8(4-2)9(7-14)13-18(15,16)11-6-5-10(12)17-11/h5-6,8-9,13-14H,3-4,7H2,1-2H3. The average molecular weight is 295 g/mol. The molecule has 0 aromatic carbocycles. The summed E-state index contributed by atoms with van der Waals surface area (Å²) in [5.41, 5.74) is 0. The molecule has 1 atom stereocenters. The molecule has 0 bridgehead atoms. The largest absolute Gasteiger partial charge is 0.395 e. The van der Waals surface area contributed by atoms with E-state index in [0.29, 0.717) is 11.3 Å². The molecule has 0 aliphatic rings. The second-order valence-electron chi connectivity index (χ2n) is 4.05. The van der Waals surface area contributed by atoms with Crippen LogP contribution in [0.5, 0.6) is 0 Å². The summed E-state index contributed by atoms with van der Waals surface area (Å²) in [6.07, 6.45) is 1.53. The minimum absolute atomic E-state index is 0.0644. The summed E-state index contributed by atoms with van der Waals surface area (Å²) in [7, 11) is -3.75. The molecule has 0 spiro atoms. The third kappa shape index (κ3) is 3.74. The minimum Gasteiger partial charge on any atom is -0.395 e. The first kappa shape index (κ1) is 15.6. The quantitative estimate of drug-likeness (QED) is 0.808. The monoisotopic (exact) mass is 295 g/mol. The summed E-state index contributed by atoms with van der Waals surface area (Å²) < 4.78 is 39.2. The first-order valence-corrected chi connectivity index (χ1v) is 8.13. The SMILES string of the molecule is CCC(CC)C(CO)NS(=O)(=O)c1ccc(F)s1. The Morgan fingerprint density at radius 1 is 1.39 bits per heavy atom. The third-order valence-corrected chi connectivity index (χ3v) is 5.79. The number of hydrogen-bond donors (Lipinski definition) is 2. The van der Waals surface area contributed by atoms with E-state index in [1.54, 1.807) is 0 Å².